The van der Waals surface area contributed by atoms with Crippen molar-refractivity contribution in [2.75, 3.05) is 6.54 Å². The Balaban J connectivity index is 2.84. The SMILES string of the molecule is CC(CNC(=O)c1cc([N+](=O)[O-])ccc1F)C(=O)O. The first kappa shape index (κ1) is 14.6. The van der Waals surface area contributed by atoms with Gasteiger partial charge in [0.05, 0.1) is 16.4 Å². The molecule has 0 aromatic heterocycles. The Labute approximate surface area is 107 Å². The fourth-order valence-electron chi connectivity index (χ4n) is 1.23. The van der Waals surface area contributed by atoms with Gasteiger partial charge >= 0.3 is 5.97 Å². The van der Waals surface area contributed by atoms with Crippen LogP contribution in [0.1, 0.15) is 17.3 Å². The topological polar surface area (TPSA) is 110 Å². The molecule has 0 fully saturated rings. The van der Waals surface area contributed by atoms with Crippen molar-refractivity contribution in [1.29, 1.82) is 0 Å². The third-order valence-electron chi connectivity index (χ3n) is 2.40. The number of non-ortho nitro benzene ring substituents is 1. The van der Waals surface area contributed by atoms with E-state index in [1.54, 1.807) is 0 Å². The lowest BCUT2D eigenvalue weighted by molar-refractivity contribution is -0.384. The number of hydrogen-bond donors (Lipinski definition) is 2. The second-order valence-corrected chi connectivity index (χ2v) is 3.87. The summed E-state index contributed by atoms with van der Waals surface area (Å²) in [6, 6.07) is 2.55. The molecule has 0 heterocycles. The molecule has 102 valence electrons. The Kier molecular flexibility index (Phi) is 4.51. The quantitative estimate of drug-likeness (QED) is 0.616. The normalized spacial score (nSPS) is 11.7. The van der Waals surface area contributed by atoms with Crippen LogP contribution >= 0.6 is 0 Å². The average molecular weight is 270 g/mol. The highest BCUT2D eigenvalue weighted by Gasteiger charge is 2.18. The van der Waals surface area contributed by atoms with E-state index in [1.807, 2.05) is 0 Å². The van der Waals surface area contributed by atoms with Gasteiger partial charge in [-0.15, -0.1) is 0 Å². The highest BCUT2D eigenvalue weighted by atomic mass is 19.1. The molecular formula is C11H11FN2O5. The van der Waals surface area contributed by atoms with E-state index >= 15 is 0 Å². The van der Waals surface area contributed by atoms with Gasteiger partial charge in [0.25, 0.3) is 11.6 Å². The van der Waals surface area contributed by atoms with Gasteiger partial charge in [0.1, 0.15) is 5.82 Å². The third kappa shape index (κ3) is 3.73. The van der Waals surface area contributed by atoms with E-state index in [2.05, 4.69) is 5.32 Å². The number of rotatable bonds is 5. The number of nitro benzene ring substituents is 1. The summed E-state index contributed by atoms with van der Waals surface area (Å²) < 4.78 is 13.4. The van der Waals surface area contributed by atoms with Crippen LogP contribution in [0.3, 0.4) is 0 Å². The van der Waals surface area contributed by atoms with E-state index < -0.39 is 39.8 Å². The Bertz CT molecular complexity index is 532. The van der Waals surface area contributed by atoms with Crippen molar-refractivity contribution >= 4 is 17.6 Å². The van der Waals surface area contributed by atoms with Crippen molar-refractivity contribution in [2.24, 2.45) is 5.92 Å². The van der Waals surface area contributed by atoms with Gasteiger partial charge in [0, 0.05) is 18.7 Å². The van der Waals surface area contributed by atoms with Crippen LogP contribution in [-0.4, -0.2) is 28.5 Å². The number of aliphatic carboxylic acids is 1. The number of carboxylic acid groups (broad SMARTS) is 1. The standard InChI is InChI=1S/C11H11FN2O5/c1-6(11(16)17)5-13-10(15)8-4-7(14(18)19)2-3-9(8)12/h2-4,6H,5H2,1H3,(H,13,15)(H,16,17). The molecule has 0 aliphatic heterocycles. The van der Waals surface area contributed by atoms with E-state index in [1.165, 1.54) is 6.92 Å². The highest BCUT2D eigenvalue weighted by molar-refractivity contribution is 5.95. The Morgan fingerprint density at radius 3 is 2.68 bits per heavy atom. The molecule has 0 saturated heterocycles. The predicted octanol–water partition coefficient (Wildman–Crippen LogP) is 1.18. The summed E-state index contributed by atoms with van der Waals surface area (Å²) in [6.45, 7) is 1.17. The zero-order valence-corrected chi connectivity index (χ0v) is 9.92. The van der Waals surface area contributed by atoms with E-state index in [-0.39, 0.29) is 6.54 Å². The van der Waals surface area contributed by atoms with Gasteiger partial charge < -0.3 is 10.4 Å². The second-order valence-electron chi connectivity index (χ2n) is 3.87. The van der Waals surface area contributed by atoms with Crippen LogP contribution in [0.25, 0.3) is 0 Å². The fraction of sp³-hybridized carbons (Fsp3) is 0.273. The summed E-state index contributed by atoms with van der Waals surface area (Å²) in [5, 5.41) is 21.3. The third-order valence-corrected chi connectivity index (χ3v) is 2.40. The lowest BCUT2D eigenvalue weighted by Gasteiger charge is -2.08. The Hall–Kier alpha value is -2.51. The van der Waals surface area contributed by atoms with Crippen LogP contribution in [0.5, 0.6) is 0 Å². The van der Waals surface area contributed by atoms with Crippen molar-refractivity contribution in [3.05, 3.63) is 39.7 Å². The van der Waals surface area contributed by atoms with Crippen molar-refractivity contribution in [3.8, 4) is 0 Å². The fourth-order valence-corrected chi connectivity index (χ4v) is 1.23. The first-order valence-electron chi connectivity index (χ1n) is 5.28. The van der Waals surface area contributed by atoms with E-state index in [0.29, 0.717) is 0 Å². The molecular weight excluding hydrogens is 259 g/mol. The number of nitrogens with one attached hydrogen (secondary N) is 1. The minimum Gasteiger partial charge on any atom is -0.481 e. The molecule has 1 amide bonds. The van der Waals surface area contributed by atoms with Gasteiger partial charge in [-0.2, -0.15) is 0 Å². The van der Waals surface area contributed by atoms with Gasteiger partial charge in [-0.05, 0) is 6.07 Å². The molecule has 0 aliphatic rings. The predicted molar refractivity (Wildman–Crippen MR) is 62.2 cm³/mol. The molecule has 1 aromatic rings. The molecule has 0 radical (unpaired) electrons. The first-order valence-corrected chi connectivity index (χ1v) is 5.28. The molecule has 0 saturated carbocycles. The van der Waals surface area contributed by atoms with Crippen LogP contribution in [0.4, 0.5) is 10.1 Å². The summed E-state index contributed by atoms with van der Waals surface area (Å²) >= 11 is 0. The summed E-state index contributed by atoms with van der Waals surface area (Å²) in [6.07, 6.45) is 0. The summed E-state index contributed by atoms with van der Waals surface area (Å²) in [5.41, 5.74) is -0.912. The van der Waals surface area contributed by atoms with Crippen molar-refractivity contribution in [3.63, 3.8) is 0 Å². The lowest BCUT2D eigenvalue weighted by Crippen LogP contribution is -2.32. The molecule has 1 unspecified atom stereocenters. The zero-order valence-electron chi connectivity index (χ0n) is 9.92. The number of amides is 1. The maximum absolute atomic E-state index is 13.4. The van der Waals surface area contributed by atoms with Crippen LogP contribution in [0.2, 0.25) is 0 Å². The minimum absolute atomic E-state index is 0.198. The number of carboxylic acids is 1. The van der Waals surface area contributed by atoms with Crippen molar-refractivity contribution in [2.45, 2.75) is 6.92 Å². The summed E-state index contributed by atoms with van der Waals surface area (Å²) in [4.78, 5) is 31.9. The minimum atomic E-state index is -1.11. The van der Waals surface area contributed by atoms with E-state index in [4.69, 9.17) is 5.11 Å². The van der Waals surface area contributed by atoms with Crippen molar-refractivity contribution < 1.29 is 24.0 Å². The molecule has 1 atom stereocenters. The summed E-state index contributed by atoms with van der Waals surface area (Å²) in [5.74, 6) is -3.76. The maximum atomic E-state index is 13.4. The molecule has 8 heteroatoms. The van der Waals surface area contributed by atoms with Gasteiger partial charge in [0.15, 0.2) is 0 Å². The van der Waals surface area contributed by atoms with Crippen LogP contribution in [0.15, 0.2) is 18.2 Å². The van der Waals surface area contributed by atoms with Crippen molar-refractivity contribution in [1.82, 2.24) is 5.32 Å². The molecule has 0 bridgehead atoms. The molecule has 2 N–H and O–H groups in total. The van der Waals surface area contributed by atoms with E-state index in [0.717, 1.165) is 18.2 Å². The molecule has 1 aromatic carbocycles. The molecule has 0 aliphatic carbocycles. The smallest absolute Gasteiger partial charge is 0.308 e. The van der Waals surface area contributed by atoms with E-state index in [9.17, 15) is 24.1 Å². The molecule has 19 heavy (non-hydrogen) atoms. The number of carbonyl (C=O) groups excluding carboxylic acids is 1. The largest absolute Gasteiger partial charge is 0.481 e. The first-order chi connectivity index (χ1) is 8.82. The van der Waals surface area contributed by atoms with Crippen LogP contribution in [0, 0.1) is 21.8 Å². The molecule has 0 spiro atoms. The number of halogens is 1. The van der Waals surface area contributed by atoms with Gasteiger partial charge in [-0.25, -0.2) is 4.39 Å². The van der Waals surface area contributed by atoms with Crippen LogP contribution < -0.4 is 5.32 Å². The Morgan fingerprint density at radius 1 is 1.53 bits per heavy atom. The zero-order chi connectivity index (χ0) is 14.6. The van der Waals surface area contributed by atoms with Gasteiger partial charge in [0.2, 0.25) is 0 Å². The highest BCUT2D eigenvalue weighted by Crippen LogP contribution is 2.16. The average Bonchev–Trinajstić information content (AvgIpc) is 2.35. The summed E-state index contributed by atoms with van der Waals surface area (Å²) in [7, 11) is 0. The number of hydrogen-bond acceptors (Lipinski definition) is 4. The number of nitrogens with zero attached hydrogens (tertiary/aromatic N) is 1. The number of nitro groups is 1. The number of benzene rings is 1. The van der Waals surface area contributed by atoms with Gasteiger partial charge in [-0.3, -0.25) is 19.7 Å². The number of carbonyl (C=O) groups is 2. The lowest BCUT2D eigenvalue weighted by atomic mass is 10.1. The van der Waals surface area contributed by atoms with Crippen LogP contribution in [-0.2, 0) is 4.79 Å². The van der Waals surface area contributed by atoms with Gasteiger partial charge in [-0.1, -0.05) is 6.92 Å². The molecule has 7 nitrogen and oxygen atoms in total. The molecule has 1 rings (SSSR count). The maximum Gasteiger partial charge on any atom is 0.308 e. The Morgan fingerprint density at radius 2 is 2.16 bits per heavy atom. The second kappa shape index (κ2) is 5.89. The monoisotopic (exact) mass is 270 g/mol.